The van der Waals surface area contributed by atoms with Crippen LogP contribution < -0.4 is 0 Å². The van der Waals surface area contributed by atoms with Crippen molar-refractivity contribution in [3.63, 3.8) is 0 Å². The fourth-order valence-electron chi connectivity index (χ4n) is 11.0. The van der Waals surface area contributed by atoms with E-state index >= 15 is 0 Å². The van der Waals surface area contributed by atoms with Crippen molar-refractivity contribution < 1.29 is 23.1 Å². The number of allylic oxidation sites excluding steroid dienone is 3. The Morgan fingerprint density at radius 2 is 1.60 bits per heavy atom. The van der Waals surface area contributed by atoms with Gasteiger partial charge in [-0.15, -0.1) is 0 Å². The van der Waals surface area contributed by atoms with Crippen LogP contribution in [0.3, 0.4) is 0 Å². The number of carbonyl (C=O) groups is 2. The molecule has 0 aromatic heterocycles. The molecular weight excluding hydrogens is 560 g/mol. The number of hydrogen-bond donors (Lipinski definition) is 1. The smallest absolute Gasteiger partial charge is 0.216 e. The SMILES string of the molecule is CC(C)S(=O)(=O)N(C)C[C@@]1(C)CC[C@]2(C)CC[C@@]3(C)[C@]4(C)CC[C@H]5C(C)(C)C(=O)C(C#N)=C[C@]5(C)C4=CC(=O)[C@]3(O)[C@@H]2C1. The van der Waals surface area contributed by atoms with Gasteiger partial charge in [0, 0.05) is 35.8 Å². The number of hydrogen-bond acceptors (Lipinski definition) is 6. The molecule has 0 radical (unpaired) electrons. The van der Waals surface area contributed by atoms with E-state index in [4.69, 9.17) is 0 Å². The summed E-state index contributed by atoms with van der Waals surface area (Å²) in [5.74, 6) is -0.785. The maximum Gasteiger partial charge on any atom is 0.216 e. The normalized spacial score (nSPS) is 45.8. The van der Waals surface area contributed by atoms with Crippen molar-refractivity contribution in [2.45, 2.75) is 118 Å². The van der Waals surface area contributed by atoms with Crippen LogP contribution in [0.1, 0.15) is 107 Å². The number of Topliss-reactive ketones (excluding diaryl/α,β-unsaturated/α-hetero) is 1. The molecule has 0 aromatic carbocycles. The van der Waals surface area contributed by atoms with Gasteiger partial charge in [-0.2, -0.15) is 5.26 Å². The Balaban J connectivity index is 1.63. The maximum atomic E-state index is 14.6. The van der Waals surface area contributed by atoms with Crippen LogP contribution in [-0.2, 0) is 19.6 Å². The highest BCUT2D eigenvalue weighted by atomic mass is 32.2. The Morgan fingerprint density at radius 1 is 1.00 bits per heavy atom. The van der Waals surface area contributed by atoms with Gasteiger partial charge in [0.05, 0.1) is 10.8 Å². The molecule has 0 heterocycles. The van der Waals surface area contributed by atoms with Gasteiger partial charge in [-0.05, 0) is 92.6 Å². The average molecular weight is 613 g/mol. The lowest BCUT2D eigenvalue weighted by Crippen LogP contribution is -2.74. The lowest BCUT2D eigenvalue weighted by Gasteiger charge is -2.71. The molecule has 0 aliphatic heterocycles. The molecule has 8 heteroatoms. The fourth-order valence-corrected chi connectivity index (χ4v) is 12.2. The third kappa shape index (κ3) is 3.99. The van der Waals surface area contributed by atoms with E-state index < -0.39 is 42.5 Å². The molecule has 0 saturated heterocycles. The maximum absolute atomic E-state index is 14.6. The first-order chi connectivity index (χ1) is 19.5. The number of rotatable bonds is 4. The molecule has 0 unspecified atom stereocenters. The van der Waals surface area contributed by atoms with E-state index in [1.54, 1.807) is 27.0 Å². The minimum atomic E-state index is -3.44. The molecule has 43 heavy (non-hydrogen) atoms. The van der Waals surface area contributed by atoms with Gasteiger partial charge in [0.1, 0.15) is 11.7 Å². The number of aliphatic hydroxyl groups is 1. The van der Waals surface area contributed by atoms with Crippen LogP contribution in [0.25, 0.3) is 0 Å². The number of nitriles is 1. The number of nitrogens with zero attached hydrogens (tertiary/aromatic N) is 2. The number of fused-ring (bicyclic) bond motifs is 7. The molecule has 0 bridgehead atoms. The molecule has 3 fully saturated rings. The molecule has 0 aromatic rings. The van der Waals surface area contributed by atoms with Crippen LogP contribution in [0.2, 0.25) is 0 Å². The zero-order chi connectivity index (χ0) is 32.4. The van der Waals surface area contributed by atoms with Gasteiger partial charge < -0.3 is 5.11 Å². The second kappa shape index (κ2) is 9.36. The van der Waals surface area contributed by atoms with Crippen LogP contribution in [0.15, 0.2) is 23.3 Å². The standard InChI is InChI=1S/C35H52N2O5S/c1-22(2)43(41,42)37(10)21-30(5)13-14-31(6)15-16-34(9)33(8)12-11-24-29(3,4)28(39)23(20-36)18-32(24,7)25(33)17-27(38)35(34,40)26(31)19-30/h17-18,22,24,26,40H,11-16,19,21H2,1-10H3/t24-,26+,30-,31+,32-,33+,34-,35+/m0/s1. The summed E-state index contributed by atoms with van der Waals surface area (Å²) in [6, 6.07) is 2.15. The summed E-state index contributed by atoms with van der Waals surface area (Å²) in [6.07, 6.45) is 8.85. The van der Waals surface area contributed by atoms with Crippen molar-refractivity contribution in [3.05, 3.63) is 23.3 Å². The van der Waals surface area contributed by atoms with Gasteiger partial charge in [0.25, 0.3) is 0 Å². The summed E-state index contributed by atoms with van der Waals surface area (Å²) in [6.45, 7) is 18.3. The molecule has 3 saturated carbocycles. The van der Waals surface area contributed by atoms with E-state index in [9.17, 15) is 28.4 Å². The van der Waals surface area contributed by atoms with Gasteiger partial charge in [-0.3, -0.25) is 9.59 Å². The average Bonchev–Trinajstić information content (AvgIpc) is 2.91. The van der Waals surface area contributed by atoms with Crippen LogP contribution in [0.5, 0.6) is 0 Å². The first kappa shape index (κ1) is 32.6. The monoisotopic (exact) mass is 612 g/mol. The van der Waals surface area contributed by atoms with Crippen LogP contribution in [-0.4, -0.2) is 53.8 Å². The predicted octanol–water partition coefficient (Wildman–Crippen LogP) is 5.99. The highest BCUT2D eigenvalue weighted by Crippen LogP contribution is 2.75. The van der Waals surface area contributed by atoms with Crippen LogP contribution >= 0.6 is 0 Å². The molecule has 7 nitrogen and oxygen atoms in total. The highest BCUT2D eigenvalue weighted by Gasteiger charge is 2.75. The Kier molecular flexibility index (Phi) is 7.09. The van der Waals surface area contributed by atoms with Crippen molar-refractivity contribution in [2.75, 3.05) is 13.6 Å². The summed E-state index contributed by atoms with van der Waals surface area (Å²) in [7, 11) is -1.80. The van der Waals surface area contributed by atoms with Gasteiger partial charge in [0.15, 0.2) is 11.6 Å². The molecule has 5 rings (SSSR count). The van der Waals surface area contributed by atoms with Crippen LogP contribution in [0, 0.1) is 55.7 Å². The van der Waals surface area contributed by atoms with Gasteiger partial charge in [0.2, 0.25) is 10.0 Å². The van der Waals surface area contributed by atoms with E-state index in [1.807, 2.05) is 19.9 Å². The zero-order valence-corrected chi connectivity index (χ0v) is 28.7. The number of carbonyl (C=O) groups excluding carboxylic acids is 2. The van der Waals surface area contributed by atoms with Crippen molar-refractivity contribution in [1.82, 2.24) is 4.31 Å². The lowest BCUT2D eigenvalue weighted by atomic mass is 9.33. The third-order valence-electron chi connectivity index (χ3n) is 14.0. The van der Waals surface area contributed by atoms with E-state index in [0.717, 1.165) is 37.7 Å². The van der Waals surface area contributed by atoms with E-state index in [2.05, 4.69) is 40.7 Å². The molecule has 238 valence electrons. The minimum Gasteiger partial charge on any atom is -0.381 e. The molecular formula is C35H52N2O5S. The van der Waals surface area contributed by atoms with Gasteiger partial charge in [-0.1, -0.05) is 54.5 Å². The summed E-state index contributed by atoms with van der Waals surface area (Å²) < 4.78 is 27.5. The highest BCUT2D eigenvalue weighted by molar-refractivity contribution is 7.89. The van der Waals surface area contributed by atoms with Gasteiger partial charge >= 0.3 is 0 Å². The predicted molar refractivity (Wildman–Crippen MR) is 167 cm³/mol. The summed E-state index contributed by atoms with van der Waals surface area (Å²) >= 11 is 0. The first-order valence-electron chi connectivity index (χ1n) is 16.1. The molecule has 0 spiro atoms. The molecule has 1 N–H and O–H groups in total. The fraction of sp³-hybridized carbons (Fsp3) is 0.800. The van der Waals surface area contributed by atoms with Crippen molar-refractivity contribution in [2.24, 2.45) is 44.3 Å². The Labute approximate surface area is 259 Å². The van der Waals surface area contributed by atoms with E-state index in [-0.39, 0.29) is 39.8 Å². The second-order valence-electron chi connectivity index (χ2n) is 17.0. The quantitative estimate of drug-likeness (QED) is 0.417. The summed E-state index contributed by atoms with van der Waals surface area (Å²) in [5, 5.41) is 22.5. The largest absolute Gasteiger partial charge is 0.381 e. The van der Waals surface area contributed by atoms with Gasteiger partial charge in [-0.25, -0.2) is 12.7 Å². The number of ketones is 2. The van der Waals surface area contributed by atoms with E-state index in [1.165, 1.54) is 4.31 Å². The van der Waals surface area contributed by atoms with Crippen molar-refractivity contribution in [1.29, 1.82) is 5.26 Å². The molecule has 8 atom stereocenters. The topological polar surface area (TPSA) is 116 Å². The first-order valence-corrected chi connectivity index (χ1v) is 17.6. The summed E-state index contributed by atoms with van der Waals surface area (Å²) in [4.78, 5) is 27.9. The van der Waals surface area contributed by atoms with Crippen molar-refractivity contribution in [3.8, 4) is 6.07 Å². The van der Waals surface area contributed by atoms with E-state index in [0.29, 0.717) is 19.4 Å². The lowest BCUT2D eigenvalue weighted by molar-refractivity contribution is -0.243. The Hall–Kier alpha value is -1.82. The Bertz CT molecular complexity index is 1490. The van der Waals surface area contributed by atoms with Crippen LogP contribution in [0.4, 0.5) is 0 Å². The zero-order valence-electron chi connectivity index (χ0n) is 27.9. The Morgan fingerprint density at radius 3 is 2.19 bits per heavy atom. The molecule has 5 aliphatic carbocycles. The molecule has 0 amide bonds. The number of sulfonamides is 1. The molecule has 5 aliphatic rings. The third-order valence-corrected chi connectivity index (χ3v) is 16.2. The minimum absolute atomic E-state index is 0.0585. The second-order valence-corrected chi connectivity index (χ2v) is 19.6. The summed E-state index contributed by atoms with van der Waals surface area (Å²) in [5.41, 5.74) is -3.82. The van der Waals surface area contributed by atoms with Crippen molar-refractivity contribution >= 4 is 21.6 Å².